The molecule has 1 saturated carbocycles. The molecule has 2 atom stereocenters. The maximum Gasteiger partial charge on any atom is 0.325 e. The lowest BCUT2D eigenvalue weighted by molar-refractivity contribution is -0.152. The van der Waals surface area contributed by atoms with Crippen molar-refractivity contribution in [3.05, 3.63) is 84.3 Å². The van der Waals surface area contributed by atoms with Crippen molar-refractivity contribution in [3.8, 4) is 0 Å². The summed E-state index contributed by atoms with van der Waals surface area (Å²) in [5.41, 5.74) is 1.94. The summed E-state index contributed by atoms with van der Waals surface area (Å²) in [5.74, 6) is 0.652. The molecule has 2 aromatic carbocycles. The molecule has 0 heterocycles. The molecule has 0 bridgehead atoms. The summed E-state index contributed by atoms with van der Waals surface area (Å²) in [6, 6.07) is 19.9. The molecule has 0 spiro atoms. The van der Waals surface area contributed by atoms with Crippen molar-refractivity contribution in [3.63, 3.8) is 0 Å². The summed E-state index contributed by atoms with van der Waals surface area (Å²) >= 11 is 0. The zero-order valence-corrected chi connectivity index (χ0v) is 20.4. The lowest BCUT2D eigenvalue weighted by Crippen LogP contribution is -2.55. The molecule has 2 aromatic rings. The first-order valence-electron chi connectivity index (χ1n) is 11.9. The first-order chi connectivity index (χ1) is 15.8. The van der Waals surface area contributed by atoms with Gasteiger partial charge in [-0.05, 0) is 64.2 Å². The summed E-state index contributed by atoms with van der Waals surface area (Å²) < 4.78 is 11.6. The number of carbonyl (C=O) groups is 1. The van der Waals surface area contributed by atoms with Crippen LogP contribution in [0.2, 0.25) is 0 Å². The minimum Gasteiger partial charge on any atom is -0.474 e. The van der Waals surface area contributed by atoms with E-state index in [-0.39, 0.29) is 17.6 Å². The van der Waals surface area contributed by atoms with Crippen LogP contribution in [0.5, 0.6) is 0 Å². The SMILES string of the molecule is C=C(N[C@H](C1CC1)[C@@H](C(=O)OCC)N(Cc1ccccc1)Cc1ccccc1)OC(C)(C)C. The smallest absolute Gasteiger partial charge is 0.325 e. The van der Waals surface area contributed by atoms with Gasteiger partial charge in [-0.3, -0.25) is 9.69 Å². The standard InChI is InChI=1S/C28H38N2O3/c1-6-32-27(31)26(25(24-17-18-24)29-21(2)33-28(3,4)5)30(19-22-13-9-7-10-14-22)20-23-15-11-8-12-16-23/h7-16,24-26,29H,2,6,17-20H2,1,3-5H3/t25-,26+/m1/s1. The van der Waals surface area contributed by atoms with E-state index in [9.17, 15) is 4.79 Å². The molecular weight excluding hydrogens is 412 g/mol. The molecule has 33 heavy (non-hydrogen) atoms. The van der Waals surface area contributed by atoms with Crippen LogP contribution in [0.1, 0.15) is 51.7 Å². The van der Waals surface area contributed by atoms with Crippen LogP contribution in [-0.4, -0.2) is 35.2 Å². The van der Waals surface area contributed by atoms with E-state index in [2.05, 4.69) is 41.1 Å². The van der Waals surface area contributed by atoms with E-state index in [1.165, 1.54) is 0 Å². The van der Waals surface area contributed by atoms with Gasteiger partial charge in [-0.25, -0.2) is 0 Å². The van der Waals surface area contributed by atoms with Gasteiger partial charge >= 0.3 is 5.97 Å². The van der Waals surface area contributed by atoms with Gasteiger partial charge in [-0.15, -0.1) is 0 Å². The van der Waals surface area contributed by atoms with Crippen molar-refractivity contribution in [2.75, 3.05) is 6.61 Å². The quantitative estimate of drug-likeness (QED) is 0.352. The second kappa shape index (κ2) is 11.4. The van der Waals surface area contributed by atoms with Gasteiger partial charge in [-0.1, -0.05) is 60.7 Å². The number of hydrogen-bond donors (Lipinski definition) is 1. The number of ether oxygens (including phenoxy) is 2. The van der Waals surface area contributed by atoms with Crippen molar-refractivity contribution < 1.29 is 14.3 Å². The van der Waals surface area contributed by atoms with Gasteiger partial charge in [0.2, 0.25) is 0 Å². The Hall–Kier alpha value is -2.79. The Balaban J connectivity index is 1.94. The molecule has 0 aromatic heterocycles. The van der Waals surface area contributed by atoms with Crippen molar-refractivity contribution in [2.24, 2.45) is 5.92 Å². The largest absolute Gasteiger partial charge is 0.474 e. The summed E-state index contributed by atoms with van der Waals surface area (Å²) in [6.45, 7) is 13.5. The van der Waals surface area contributed by atoms with Crippen molar-refractivity contribution in [1.29, 1.82) is 0 Å². The van der Waals surface area contributed by atoms with Crippen LogP contribution in [0, 0.1) is 5.92 Å². The number of esters is 1. The highest BCUT2D eigenvalue weighted by molar-refractivity contribution is 5.77. The number of hydrogen-bond acceptors (Lipinski definition) is 5. The lowest BCUT2D eigenvalue weighted by Gasteiger charge is -2.37. The number of rotatable bonds is 12. The van der Waals surface area contributed by atoms with Gasteiger partial charge in [-0.2, -0.15) is 0 Å². The molecule has 3 rings (SSSR count). The van der Waals surface area contributed by atoms with Crippen LogP contribution in [0.3, 0.4) is 0 Å². The van der Waals surface area contributed by atoms with Crippen LogP contribution < -0.4 is 5.32 Å². The molecule has 0 amide bonds. The molecule has 1 fully saturated rings. The molecule has 0 unspecified atom stereocenters. The van der Waals surface area contributed by atoms with E-state index in [1.807, 2.05) is 64.1 Å². The Morgan fingerprint density at radius 2 is 1.55 bits per heavy atom. The Bertz CT molecular complexity index is 847. The third kappa shape index (κ3) is 7.93. The third-order valence-corrected chi connectivity index (χ3v) is 5.61. The number of nitrogens with one attached hydrogen (secondary N) is 1. The predicted molar refractivity (Wildman–Crippen MR) is 132 cm³/mol. The van der Waals surface area contributed by atoms with Crippen molar-refractivity contribution in [2.45, 2.75) is 71.3 Å². The summed E-state index contributed by atoms with van der Waals surface area (Å²) in [6.07, 6.45) is 2.14. The molecule has 1 aliphatic carbocycles. The minimum atomic E-state index is -0.474. The van der Waals surface area contributed by atoms with Gasteiger partial charge in [0.05, 0.1) is 12.6 Å². The fraction of sp³-hybridized carbons (Fsp3) is 0.464. The number of nitrogens with zero attached hydrogens (tertiary/aromatic N) is 1. The minimum absolute atomic E-state index is 0.147. The van der Waals surface area contributed by atoms with Gasteiger partial charge < -0.3 is 14.8 Å². The van der Waals surface area contributed by atoms with E-state index in [0.29, 0.717) is 31.5 Å². The number of benzene rings is 2. The van der Waals surface area contributed by atoms with E-state index in [4.69, 9.17) is 9.47 Å². The normalized spacial score (nSPS) is 15.5. The molecule has 1 aliphatic rings. The summed E-state index contributed by atoms with van der Waals surface area (Å²) in [4.78, 5) is 15.7. The number of carbonyl (C=O) groups excluding carboxylic acids is 1. The summed E-state index contributed by atoms with van der Waals surface area (Å²) in [5, 5.41) is 3.47. The maximum absolute atomic E-state index is 13.4. The zero-order chi connectivity index (χ0) is 23.8. The fourth-order valence-corrected chi connectivity index (χ4v) is 4.13. The van der Waals surface area contributed by atoms with Gasteiger partial charge in [0.1, 0.15) is 11.6 Å². The first kappa shape index (κ1) is 24.8. The molecule has 5 nitrogen and oxygen atoms in total. The highest BCUT2D eigenvalue weighted by Crippen LogP contribution is 2.37. The van der Waals surface area contributed by atoms with E-state index >= 15 is 0 Å². The first-order valence-corrected chi connectivity index (χ1v) is 11.9. The van der Waals surface area contributed by atoms with Crippen LogP contribution in [-0.2, 0) is 27.4 Å². The Morgan fingerprint density at radius 1 is 1.03 bits per heavy atom. The molecule has 1 N–H and O–H groups in total. The van der Waals surface area contributed by atoms with Gasteiger partial charge in [0.15, 0.2) is 5.88 Å². The molecule has 0 aliphatic heterocycles. The van der Waals surface area contributed by atoms with Crippen molar-refractivity contribution in [1.82, 2.24) is 10.2 Å². The highest BCUT2D eigenvalue weighted by atomic mass is 16.5. The summed E-state index contributed by atoms with van der Waals surface area (Å²) in [7, 11) is 0. The second-order valence-electron chi connectivity index (χ2n) is 9.72. The monoisotopic (exact) mass is 450 g/mol. The van der Waals surface area contributed by atoms with Crippen LogP contribution >= 0.6 is 0 Å². The molecular formula is C28H38N2O3. The average Bonchev–Trinajstić information content (AvgIpc) is 3.59. The Labute approximate surface area is 198 Å². The molecule has 5 heteroatoms. The predicted octanol–water partition coefficient (Wildman–Crippen LogP) is 5.28. The molecule has 178 valence electrons. The van der Waals surface area contributed by atoms with E-state index in [0.717, 1.165) is 24.0 Å². The molecule has 0 radical (unpaired) electrons. The highest BCUT2D eigenvalue weighted by Gasteiger charge is 2.44. The zero-order valence-electron chi connectivity index (χ0n) is 20.4. The van der Waals surface area contributed by atoms with Crippen LogP contribution in [0.15, 0.2) is 73.1 Å². The van der Waals surface area contributed by atoms with Crippen LogP contribution in [0.4, 0.5) is 0 Å². The van der Waals surface area contributed by atoms with E-state index < -0.39 is 6.04 Å². The fourth-order valence-electron chi connectivity index (χ4n) is 4.13. The second-order valence-corrected chi connectivity index (χ2v) is 9.72. The lowest BCUT2D eigenvalue weighted by atomic mass is 9.99. The third-order valence-electron chi connectivity index (χ3n) is 5.61. The van der Waals surface area contributed by atoms with Gasteiger partial charge in [0.25, 0.3) is 0 Å². The topological polar surface area (TPSA) is 50.8 Å². The van der Waals surface area contributed by atoms with Gasteiger partial charge in [0, 0.05) is 13.1 Å². The average molecular weight is 451 g/mol. The van der Waals surface area contributed by atoms with Crippen molar-refractivity contribution >= 4 is 5.97 Å². The van der Waals surface area contributed by atoms with Crippen LogP contribution in [0.25, 0.3) is 0 Å². The molecule has 0 saturated heterocycles. The Kier molecular flexibility index (Phi) is 8.56. The maximum atomic E-state index is 13.4. The Morgan fingerprint density at radius 3 is 1.97 bits per heavy atom. The van der Waals surface area contributed by atoms with E-state index in [1.54, 1.807) is 0 Å².